The average Bonchev–Trinajstić information content (AvgIpc) is 2.94. The molecule has 0 bridgehead atoms. The minimum absolute atomic E-state index is 0.146. The zero-order valence-corrected chi connectivity index (χ0v) is 12.8. The van der Waals surface area contributed by atoms with E-state index in [0.717, 1.165) is 0 Å². The quantitative estimate of drug-likeness (QED) is 0.683. The summed E-state index contributed by atoms with van der Waals surface area (Å²) in [6.07, 6.45) is -1.23. The van der Waals surface area contributed by atoms with Crippen molar-refractivity contribution < 1.29 is 23.9 Å². The van der Waals surface area contributed by atoms with Gasteiger partial charge in [0.25, 0.3) is 0 Å². The summed E-state index contributed by atoms with van der Waals surface area (Å²) in [6, 6.07) is 8.11. The lowest BCUT2D eigenvalue weighted by Gasteiger charge is -2.10. The maximum atomic E-state index is 14.8. The van der Waals surface area contributed by atoms with Gasteiger partial charge in [-0.2, -0.15) is 0 Å². The van der Waals surface area contributed by atoms with E-state index in [2.05, 4.69) is 10.5 Å². The van der Waals surface area contributed by atoms with Crippen molar-refractivity contribution in [2.24, 2.45) is 0 Å². The highest BCUT2D eigenvalue weighted by atomic mass is 19.1. The Kier molecular flexibility index (Phi) is 4.18. The first-order valence-electron chi connectivity index (χ1n) is 7.25. The maximum Gasteiger partial charge on any atom is 0.404 e. The molecular weight excluding hydrogens is 315 g/mol. The van der Waals surface area contributed by atoms with Crippen LogP contribution in [-0.4, -0.2) is 21.5 Å². The van der Waals surface area contributed by atoms with E-state index in [4.69, 9.17) is 9.63 Å². The summed E-state index contributed by atoms with van der Waals surface area (Å²) in [5, 5.41) is 24.9. The van der Waals surface area contributed by atoms with E-state index in [0.29, 0.717) is 27.8 Å². The number of hydrogen-bond donors (Lipinski definition) is 3. The van der Waals surface area contributed by atoms with Gasteiger partial charge in [0.1, 0.15) is 5.82 Å². The van der Waals surface area contributed by atoms with Crippen LogP contribution < -0.4 is 5.32 Å². The van der Waals surface area contributed by atoms with Crippen LogP contribution in [-0.2, 0) is 13.2 Å². The topological polar surface area (TPSA) is 95.6 Å². The van der Waals surface area contributed by atoms with Crippen LogP contribution in [0.2, 0.25) is 0 Å². The molecule has 2 aromatic carbocycles. The molecule has 0 aliphatic rings. The summed E-state index contributed by atoms with van der Waals surface area (Å²) < 4.78 is 20.1. The van der Waals surface area contributed by atoms with E-state index in [1.165, 1.54) is 6.07 Å². The molecule has 0 saturated heterocycles. The van der Waals surface area contributed by atoms with Crippen LogP contribution in [0.5, 0.6) is 0 Å². The number of carboxylic acid groups (broad SMARTS) is 1. The number of nitrogens with one attached hydrogen (secondary N) is 1. The zero-order valence-electron chi connectivity index (χ0n) is 12.8. The number of benzene rings is 2. The van der Waals surface area contributed by atoms with E-state index < -0.39 is 11.9 Å². The molecule has 0 spiro atoms. The van der Waals surface area contributed by atoms with Gasteiger partial charge in [0.05, 0.1) is 12.3 Å². The minimum Gasteiger partial charge on any atom is -0.465 e. The first-order valence-corrected chi connectivity index (χ1v) is 7.25. The predicted octanol–water partition coefficient (Wildman–Crippen LogP) is 3.20. The lowest BCUT2D eigenvalue weighted by Crippen LogP contribution is -2.20. The van der Waals surface area contributed by atoms with Crippen molar-refractivity contribution >= 4 is 17.1 Å². The number of nitrogens with zero attached hydrogens (tertiary/aromatic N) is 1. The van der Waals surface area contributed by atoms with Gasteiger partial charge in [0, 0.05) is 28.6 Å². The highest BCUT2D eigenvalue weighted by Crippen LogP contribution is 2.34. The molecule has 1 aromatic heterocycles. The number of aliphatic hydroxyl groups is 1. The van der Waals surface area contributed by atoms with Crippen molar-refractivity contribution in [2.75, 3.05) is 0 Å². The smallest absolute Gasteiger partial charge is 0.404 e. The van der Waals surface area contributed by atoms with Crippen LogP contribution in [0.25, 0.3) is 22.1 Å². The van der Waals surface area contributed by atoms with Crippen LogP contribution >= 0.6 is 0 Å². The van der Waals surface area contributed by atoms with Crippen molar-refractivity contribution in [3.63, 3.8) is 0 Å². The molecule has 1 amide bonds. The van der Waals surface area contributed by atoms with Gasteiger partial charge in [-0.05, 0) is 24.6 Å². The van der Waals surface area contributed by atoms with E-state index >= 15 is 0 Å². The summed E-state index contributed by atoms with van der Waals surface area (Å²) in [4.78, 5) is 10.6. The average molecular weight is 330 g/mol. The summed E-state index contributed by atoms with van der Waals surface area (Å²) >= 11 is 0. The van der Waals surface area contributed by atoms with Crippen LogP contribution in [0.4, 0.5) is 9.18 Å². The van der Waals surface area contributed by atoms with Crippen molar-refractivity contribution in [2.45, 2.75) is 20.1 Å². The molecule has 0 aliphatic heterocycles. The monoisotopic (exact) mass is 330 g/mol. The molecular formula is C17H15FN2O4. The molecule has 0 saturated carbocycles. The highest BCUT2D eigenvalue weighted by molar-refractivity contribution is 5.94. The molecule has 7 heteroatoms. The lowest BCUT2D eigenvalue weighted by atomic mass is 9.97. The normalized spacial score (nSPS) is 11.0. The first-order chi connectivity index (χ1) is 11.5. The van der Waals surface area contributed by atoms with Crippen molar-refractivity contribution in [1.29, 1.82) is 0 Å². The molecule has 0 radical (unpaired) electrons. The second kappa shape index (κ2) is 6.29. The fourth-order valence-electron chi connectivity index (χ4n) is 2.61. The van der Waals surface area contributed by atoms with Gasteiger partial charge in [-0.15, -0.1) is 0 Å². The molecule has 0 fully saturated rings. The van der Waals surface area contributed by atoms with E-state index in [9.17, 15) is 14.3 Å². The van der Waals surface area contributed by atoms with Crippen LogP contribution in [0.3, 0.4) is 0 Å². The van der Waals surface area contributed by atoms with Gasteiger partial charge >= 0.3 is 6.09 Å². The molecule has 24 heavy (non-hydrogen) atoms. The summed E-state index contributed by atoms with van der Waals surface area (Å²) in [6.45, 7) is 1.42. The molecule has 3 rings (SSSR count). The fourth-order valence-corrected chi connectivity index (χ4v) is 2.61. The Bertz CT molecular complexity index is 920. The van der Waals surface area contributed by atoms with Crippen LogP contribution in [0, 0.1) is 12.7 Å². The van der Waals surface area contributed by atoms with Gasteiger partial charge < -0.3 is 20.1 Å². The van der Waals surface area contributed by atoms with Gasteiger partial charge in [0.2, 0.25) is 0 Å². The third kappa shape index (κ3) is 2.81. The second-order valence-corrected chi connectivity index (χ2v) is 5.38. The Hall–Kier alpha value is -2.93. The maximum absolute atomic E-state index is 14.8. The van der Waals surface area contributed by atoms with E-state index in [1.807, 2.05) is 0 Å². The van der Waals surface area contributed by atoms with E-state index in [-0.39, 0.29) is 24.3 Å². The third-order valence-corrected chi connectivity index (χ3v) is 3.79. The summed E-state index contributed by atoms with van der Waals surface area (Å²) in [7, 11) is 0. The number of aliphatic hydroxyl groups excluding tert-OH is 1. The third-order valence-electron chi connectivity index (χ3n) is 3.79. The van der Waals surface area contributed by atoms with E-state index in [1.54, 1.807) is 31.2 Å². The minimum atomic E-state index is -1.23. The molecule has 1 heterocycles. The standard InChI is InChI=1S/C17H15FN2O4/c1-9-13-5-10(8-21)6-14(16(13)24-20-9)12-4-2-3-11(15(12)18)7-19-17(22)23/h2-6,19,21H,7-8H2,1H3,(H,22,23). The predicted molar refractivity (Wildman–Crippen MR) is 84.9 cm³/mol. The highest BCUT2D eigenvalue weighted by Gasteiger charge is 2.17. The second-order valence-electron chi connectivity index (χ2n) is 5.38. The lowest BCUT2D eigenvalue weighted by molar-refractivity contribution is 0.194. The Morgan fingerprint density at radius 3 is 2.83 bits per heavy atom. The summed E-state index contributed by atoms with van der Waals surface area (Å²) in [5.41, 5.74) is 2.62. The van der Waals surface area contributed by atoms with Crippen molar-refractivity contribution in [1.82, 2.24) is 10.5 Å². The first kappa shape index (κ1) is 15.9. The Balaban J connectivity index is 2.17. The van der Waals surface area contributed by atoms with Crippen LogP contribution in [0.1, 0.15) is 16.8 Å². The van der Waals surface area contributed by atoms with Crippen LogP contribution in [0.15, 0.2) is 34.9 Å². The Morgan fingerprint density at radius 2 is 2.12 bits per heavy atom. The molecule has 0 atom stereocenters. The molecule has 0 aliphatic carbocycles. The van der Waals surface area contributed by atoms with Gasteiger partial charge in [-0.3, -0.25) is 0 Å². The summed E-state index contributed by atoms with van der Waals surface area (Å²) in [5.74, 6) is -0.545. The number of hydrogen-bond acceptors (Lipinski definition) is 4. The number of rotatable bonds is 4. The van der Waals surface area contributed by atoms with Gasteiger partial charge in [-0.1, -0.05) is 23.4 Å². The Morgan fingerprint density at radius 1 is 1.33 bits per heavy atom. The number of aromatic nitrogens is 1. The van der Waals surface area contributed by atoms with Crippen molar-refractivity contribution in [3.05, 3.63) is 53.0 Å². The molecule has 3 N–H and O–H groups in total. The van der Waals surface area contributed by atoms with Crippen molar-refractivity contribution in [3.8, 4) is 11.1 Å². The zero-order chi connectivity index (χ0) is 17.3. The molecule has 6 nitrogen and oxygen atoms in total. The number of amides is 1. The largest absolute Gasteiger partial charge is 0.465 e. The number of fused-ring (bicyclic) bond motifs is 1. The van der Waals surface area contributed by atoms with Gasteiger partial charge in [-0.25, -0.2) is 9.18 Å². The van der Waals surface area contributed by atoms with Gasteiger partial charge in [0.15, 0.2) is 5.58 Å². The SMILES string of the molecule is Cc1noc2c(-c3cccc(CNC(=O)O)c3F)cc(CO)cc12. The molecule has 3 aromatic rings. The number of halogens is 1. The number of aryl methyl sites for hydroxylation is 1. The number of carbonyl (C=O) groups is 1. The molecule has 124 valence electrons. The fraction of sp³-hybridized carbons (Fsp3) is 0.176. The molecule has 0 unspecified atom stereocenters. The Labute approximate surface area is 136 Å².